The van der Waals surface area contributed by atoms with Crippen LogP contribution in [0.5, 0.6) is 0 Å². The lowest BCUT2D eigenvalue weighted by atomic mass is 9.99. The van der Waals surface area contributed by atoms with Gasteiger partial charge in [-0.15, -0.1) is 0 Å². The van der Waals surface area contributed by atoms with Gasteiger partial charge < -0.3 is 10.0 Å². The Morgan fingerprint density at radius 3 is 2.70 bits per heavy atom. The molecule has 1 heterocycles. The first-order valence-corrected chi connectivity index (χ1v) is 6.68. The van der Waals surface area contributed by atoms with Gasteiger partial charge in [-0.2, -0.15) is 5.26 Å². The zero-order valence-electron chi connectivity index (χ0n) is 11.2. The van der Waals surface area contributed by atoms with Crippen molar-refractivity contribution in [2.75, 3.05) is 24.6 Å². The van der Waals surface area contributed by atoms with E-state index in [9.17, 15) is 10.1 Å². The fourth-order valence-corrected chi connectivity index (χ4v) is 2.53. The van der Waals surface area contributed by atoms with Crippen LogP contribution in [0.25, 0.3) is 0 Å². The number of nitro groups is 1. The second kappa shape index (κ2) is 6.35. The van der Waals surface area contributed by atoms with E-state index in [4.69, 9.17) is 10.4 Å². The summed E-state index contributed by atoms with van der Waals surface area (Å²) in [6, 6.07) is 6.80. The molecule has 1 fully saturated rings. The molecule has 0 unspecified atom stereocenters. The van der Waals surface area contributed by atoms with Crippen LogP contribution < -0.4 is 4.90 Å². The van der Waals surface area contributed by atoms with Crippen LogP contribution in [0.4, 0.5) is 11.4 Å². The van der Waals surface area contributed by atoms with Crippen molar-refractivity contribution in [1.29, 1.82) is 5.26 Å². The van der Waals surface area contributed by atoms with Crippen molar-refractivity contribution in [2.45, 2.75) is 19.3 Å². The van der Waals surface area contributed by atoms with E-state index in [2.05, 4.69) is 4.90 Å². The minimum atomic E-state index is -0.529. The normalized spacial score (nSPS) is 15.9. The summed E-state index contributed by atoms with van der Waals surface area (Å²) in [5, 5.41) is 29.0. The maximum atomic E-state index is 10.9. The van der Waals surface area contributed by atoms with Crippen molar-refractivity contribution >= 4 is 11.4 Å². The minimum Gasteiger partial charge on any atom is -0.395 e. The third kappa shape index (κ3) is 3.06. The van der Waals surface area contributed by atoms with Gasteiger partial charge in [0.15, 0.2) is 0 Å². The second-order valence-electron chi connectivity index (χ2n) is 4.98. The van der Waals surface area contributed by atoms with Crippen LogP contribution in [0, 0.1) is 27.4 Å². The molecule has 106 valence electrons. The van der Waals surface area contributed by atoms with Crippen LogP contribution >= 0.6 is 0 Å². The maximum absolute atomic E-state index is 10.9. The Balaban J connectivity index is 2.34. The highest BCUT2D eigenvalue weighted by Gasteiger charge is 2.20. The van der Waals surface area contributed by atoms with E-state index in [-0.39, 0.29) is 12.3 Å². The maximum Gasteiger partial charge on any atom is 0.269 e. The Morgan fingerprint density at radius 1 is 1.45 bits per heavy atom. The van der Waals surface area contributed by atoms with Crippen LogP contribution in [0.15, 0.2) is 18.2 Å². The Kier molecular flexibility index (Phi) is 4.53. The molecule has 1 N–H and O–H groups in total. The molecule has 1 aromatic rings. The summed E-state index contributed by atoms with van der Waals surface area (Å²) in [4.78, 5) is 12.6. The van der Waals surface area contributed by atoms with Crippen molar-refractivity contribution < 1.29 is 10.0 Å². The molecule has 0 bridgehead atoms. The Hall–Kier alpha value is -2.13. The average molecular weight is 275 g/mol. The van der Waals surface area contributed by atoms with Crippen molar-refractivity contribution in [3.05, 3.63) is 33.9 Å². The van der Waals surface area contributed by atoms with E-state index in [1.807, 2.05) is 6.07 Å². The van der Waals surface area contributed by atoms with Gasteiger partial charge in [-0.1, -0.05) is 0 Å². The molecule has 2 rings (SSSR count). The van der Waals surface area contributed by atoms with Crippen LogP contribution in [-0.4, -0.2) is 29.7 Å². The smallest absolute Gasteiger partial charge is 0.269 e. The minimum absolute atomic E-state index is 0.0255. The number of hydrogen-bond acceptors (Lipinski definition) is 5. The molecular weight excluding hydrogens is 258 g/mol. The number of non-ortho nitro benzene ring substituents is 1. The van der Waals surface area contributed by atoms with Gasteiger partial charge in [-0.25, -0.2) is 0 Å². The van der Waals surface area contributed by atoms with E-state index in [1.165, 1.54) is 12.1 Å². The van der Waals surface area contributed by atoms with E-state index >= 15 is 0 Å². The second-order valence-corrected chi connectivity index (χ2v) is 4.98. The fraction of sp³-hybridized carbons (Fsp3) is 0.500. The zero-order valence-corrected chi connectivity index (χ0v) is 11.2. The molecule has 0 amide bonds. The van der Waals surface area contributed by atoms with Crippen molar-refractivity contribution in [1.82, 2.24) is 0 Å². The number of anilines is 1. The van der Waals surface area contributed by atoms with E-state index in [0.717, 1.165) is 37.2 Å². The van der Waals surface area contributed by atoms with Gasteiger partial charge in [0, 0.05) is 30.9 Å². The fourth-order valence-electron chi connectivity index (χ4n) is 2.53. The average Bonchev–Trinajstić information content (AvgIpc) is 2.98. The molecule has 0 saturated carbocycles. The number of aliphatic hydroxyl groups is 1. The number of benzene rings is 1. The first-order chi connectivity index (χ1) is 9.65. The number of nitrogens with zero attached hydrogens (tertiary/aromatic N) is 3. The molecule has 0 aromatic heterocycles. The molecular formula is C14H17N3O3. The molecule has 0 aliphatic carbocycles. The first kappa shape index (κ1) is 14.3. The summed E-state index contributed by atoms with van der Waals surface area (Å²) in [5.41, 5.74) is 1.74. The predicted octanol–water partition coefficient (Wildman–Crippen LogP) is 1.87. The molecule has 6 heteroatoms. The highest BCUT2D eigenvalue weighted by atomic mass is 16.6. The van der Waals surface area contributed by atoms with Gasteiger partial charge in [0.25, 0.3) is 5.69 Å². The molecule has 6 nitrogen and oxygen atoms in total. The zero-order chi connectivity index (χ0) is 14.5. The predicted molar refractivity (Wildman–Crippen MR) is 74.4 cm³/mol. The van der Waals surface area contributed by atoms with Crippen molar-refractivity contribution in [2.24, 2.45) is 5.92 Å². The lowest BCUT2D eigenvalue weighted by Gasteiger charge is -2.22. The molecule has 1 saturated heterocycles. The molecule has 1 aliphatic rings. The van der Waals surface area contributed by atoms with E-state index in [0.29, 0.717) is 6.42 Å². The van der Waals surface area contributed by atoms with E-state index < -0.39 is 10.8 Å². The van der Waals surface area contributed by atoms with E-state index in [1.54, 1.807) is 6.07 Å². The summed E-state index contributed by atoms with van der Waals surface area (Å²) in [5.74, 6) is -0.529. The molecule has 0 radical (unpaired) electrons. The third-order valence-electron chi connectivity index (χ3n) is 3.59. The number of hydrogen-bond donors (Lipinski definition) is 1. The number of rotatable bonds is 5. The molecule has 0 spiro atoms. The number of nitriles is 1. The summed E-state index contributed by atoms with van der Waals surface area (Å²) in [6.07, 6.45) is 2.55. The van der Waals surface area contributed by atoms with Crippen LogP contribution in [0.1, 0.15) is 18.4 Å². The molecule has 1 aliphatic heterocycles. The Morgan fingerprint density at radius 2 is 2.15 bits per heavy atom. The lowest BCUT2D eigenvalue weighted by molar-refractivity contribution is -0.384. The summed E-state index contributed by atoms with van der Waals surface area (Å²) >= 11 is 0. The van der Waals surface area contributed by atoms with Crippen molar-refractivity contribution in [3.63, 3.8) is 0 Å². The number of nitro benzene ring substituents is 1. The van der Waals surface area contributed by atoms with Gasteiger partial charge >= 0.3 is 0 Å². The number of aliphatic hydroxyl groups excluding tert-OH is 1. The van der Waals surface area contributed by atoms with Crippen molar-refractivity contribution in [3.8, 4) is 6.07 Å². The monoisotopic (exact) mass is 275 g/mol. The van der Waals surface area contributed by atoms with Crippen LogP contribution in [-0.2, 0) is 6.42 Å². The van der Waals surface area contributed by atoms with Gasteiger partial charge in [0.1, 0.15) is 0 Å². The van der Waals surface area contributed by atoms with Gasteiger partial charge in [-0.3, -0.25) is 10.1 Å². The Labute approximate surface area is 117 Å². The van der Waals surface area contributed by atoms with Crippen LogP contribution in [0.2, 0.25) is 0 Å². The topological polar surface area (TPSA) is 90.4 Å². The summed E-state index contributed by atoms with van der Waals surface area (Å²) in [6.45, 7) is 1.63. The van der Waals surface area contributed by atoms with Gasteiger partial charge in [-0.05, 0) is 30.9 Å². The third-order valence-corrected chi connectivity index (χ3v) is 3.59. The Bertz CT molecular complexity index is 533. The quantitative estimate of drug-likeness (QED) is 0.654. The summed E-state index contributed by atoms with van der Waals surface area (Å²) < 4.78 is 0. The summed E-state index contributed by atoms with van der Waals surface area (Å²) in [7, 11) is 0. The molecule has 1 atom stereocenters. The van der Waals surface area contributed by atoms with Gasteiger partial charge in [0.05, 0.1) is 23.5 Å². The lowest BCUT2D eigenvalue weighted by Crippen LogP contribution is -2.20. The molecule has 1 aromatic carbocycles. The standard InChI is InChI=1S/C14H17N3O3/c15-9-11(10-18)7-12-8-13(17(19)20)3-4-14(12)16-5-1-2-6-16/h3-4,8,11,18H,1-2,5-7,10H2/t11-/m0/s1. The molecule has 20 heavy (non-hydrogen) atoms. The first-order valence-electron chi connectivity index (χ1n) is 6.68. The SMILES string of the molecule is N#C[C@@H](CO)Cc1cc([N+](=O)[O-])ccc1N1CCCC1. The highest BCUT2D eigenvalue weighted by molar-refractivity contribution is 5.58. The van der Waals surface area contributed by atoms with Crippen LogP contribution in [0.3, 0.4) is 0 Å². The van der Waals surface area contributed by atoms with Gasteiger partial charge in [0.2, 0.25) is 0 Å². The highest BCUT2D eigenvalue weighted by Crippen LogP contribution is 2.30. The largest absolute Gasteiger partial charge is 0.395 e.